The van der Waals surface area contributed by atoms with Crippen molar-refractivity contribution in [3.8, 4) is 5.00 Å². The fraction of sp³-hybridized carbons (Fsp3) is 0.278. The van der Waals surface area contributed by atoms with Crippen LogP contribution >= 0.6 is 22.9 Å². The largest absolute Gasteiger partial charge is 1.00 e. The summed E-state index contributed by atoms with van der Waals surface area (Å²) in [6.45, 7) is 4.39. The lowest BCUT2D eigenvalue weighted by atomic mass is 9.96. The average molecular weight is 497 g/mol. The highest BCUT2D eigenvalue weighted by atomic mass is 35.5. The Kier molecular flexibility index (Phi) is 9.56. The highest BCUT2D eigenvalue weighted by Crippen LogP contribution is 2.33. The van der Waals surface area contributed by atoms with Crippen LogP contribution in [0.5, 0.6) is 0 Å². The van der Waals surface area contributed by atoms with Crippen LogP contribution in [-0.4, -0.2) is 22.5 Å². The zero-order chi connectivity index (χ0) is 18.3. The van der Waals surface area contributed by atoms with Gasteiger partial charge < -0.3 is 48.3 Å². The van der Waals surface area contributed by atoms with Gasteiger partial charge in [0.25, 0.3) is 0 Å². The number of fused-ring (bicyclic) bond motifs is 1. The van der Waals surface area contributed by atoms with Gasteiger partial charge in [-0.3, -0.25) is 4.79 Å². The van der Waals surface area contributed by atoms with Gasteiger partial charge in [0.2, 0.25) is 5.82 Å². The Morgan fingerprint density at radius 1 is 1.34 bits per heavy atom. The number of nitrogens with zero attached hydrogens (tertiary/aromatic N) is 2. The fourth-order valence-corrected chi connectivity index (χ4v) is 5.09. The lowest BCUT2D eigenvalue weighted by Gasteiger charge is -2.12. The van der Waals surface area contributed by atoms with Gasteiger partial charge in [0.15, 0.2) is 17.3 Å². The number of halogens is 4. The minimum Gasteiger partial charge on any atom is -1.00 e. The molecule has 1 aromatic carbocycles. The first-order chi connectivity index (χ1) is 12.6. The molecule has 1 aliphatic rings. The minimum absolute atomic E-state index is 0. The summed E-state index contributed by atoms with van der Waals surface area (Å²) in [5.74, 6) is 1.69. The Labute approximate surface area is 196 Å². The molecule has 2 aromatic heterocycles. The number of hydrogen-bond acceptors (Lipinski definition) is 3. The first-order valence-electron chi connectivity index (χ1n) is 8.62. The van der Waals surface area contributed by atoms with E-state index in [4.69, 9.17) is 11.6 Å². The summed E-state index contributed by atoms with van der Waals surface area (Å²) in [6, 6.07) is 7.25. The molecule has 0 saturated carbocycles. The maximum Gasteiger partial charge on any atom is 0.337 e. The number of nitrogens with one attached hydrogen (secondary N) is 1. The van der Waals surface area contributed by atoms with E-state index in [2.05, 4.69) is 21.2 Å². The summed E-state index contributed by atoms with van der Waals surface area (Å²) < 4.78 is 2.03. The van der Waals surface area contributed by atoms with Gasteiger partial charge in [-0.25, -0.2) is 0 Å². The quantitative estimate of drug-likeness (QED) is 0.247. The van der Waals surface area contributed by atoms with Crippen molar-refractivity contribution in [1.29, 1.82) is 0 Å². The summed E-state index contributed by atoms with van der Waals surface area (Å²) >= 11 is 8.00. The van der Waals surface area contributed by atoms with Crippen LogP contribution < -0.4 is 52.8 Å². The number of aromatic amines is 1. The normalized spacial score (nSPS) is 12.2. The number of rotatable bonds is 4. The summed E-state index contributed by atoms with van der Waals surface area (Å²) in [4.78, 5) is 14.7. The molecule has 0 aliphatic carbocycles. The Morgan fingerprint density at radius 3 is 2.76 bits per heavy atom. The van der Waals surface area contributed by atoms with E-state index < -0.39 is 0 Å². The lowest BCUT2D eigenvalue weighted by Crippen LogP contribution is -3.00. The number of carbonyl (C=O) groups is 1. The third kappa shape index (κ3) is 4.61. The number of carbonyl (C=O) groups excluding carboxylic acids is 1. The first kappa shape index (κ1) is 25.8. The van der Waals surface area contributed by atoms with Gasteiger partial charge in [-0.15, -0.1) is 5.10 Å². The van der Waals surface area contributed by atoms with Gasteiger partial charge in [0.05, 0.1) is 22.0 Å². The molecule has 0 unspecified atom stereocenters. The third-order valence-electron chi connectivity index (χ3n) is 4.71. The molecule has 0 atom stereocenters. The zero-order valence-electron chi connectivity index (χ0n) is 15.6. The molecule has 29 heavy (non-hydrogen) atoms. The molecule has 0 fully saturated rings. The second-order valence-electron chi connectivity index (χ2n) is 6.34. The second-order valence-corrected chi connectivity index (χ2v) is 7.83. The van der Waals surface area contributed by atoms with Gasteiger partial charge >= 0.3 is 5.82 Å². The minimum atomic E-state index is -0.0203. The monoisotopic (exact) mass is 495 g/mol. The Balaban J connectivity index is 0.00000140. The Morgan fingerprint density at radius 2 is 2.07 bits per heavy atom. The number of thiophene rings is 1. The topological polar surface area (TPSA) is 93.9 Å². The van der Waals surface area contributed by atoms with Gasteiger partial charge in [-0.1, -0.05) is 35.1 Å². The van der Waals surface area contributed by atoms with Crippen LogP contribution in [0, 0.1) is 6.92 Å². The maximum absolute atomic E-state index is 13.5. The van der Waals surface area contributed by atoms with Crippen molar-refractivity contribution < 1.29 is 57.6 Å². The fourth-order valence-electron chi connectivity index (χ4n) is 3.45. The average Bonchev–Trinajstić information content (AvgIpc) is 3.21. The molecular weight excluding hydrogens is 476 g/mol. The zero-order valence-corrected chi connectivity index (χ0v) is 19.5. The Bertz CT molecular complexity index is 1000. The van der Waals surface area contributed by atoms with Crippen LogP contribution in [0.1, 0.15) is 38.0 Å². The molecule has 3 aromatic rings. The molecule has 1 aliphatic heterocycles. The summed E-state index contributed by atoms with van der Waals surface area (Å²) in [6.07, 6.45) is 0.883. The van der Waals surface area contributed by atoms with E-state index in [1.54, 1.807) is 23.5 Å². The number of nitrogens with two attached hydrogens (primary N) is 1. The predicted octanol–water partition coefficient (Wildman–Crippen LogP) is -8.69. The van der Waals surface area contributed by atoms with Crippen molar-refractivity contribution in [3.05, 3.63) is 62.5 Å². The van der Waals surface area contributed by atoms with Crippen LogP contribution in [0.25, 0.3) is 5.00 Å². The molecule has 0 saturated heterocycles. The molecule has 0 radical (unpaired) electrons. The number of hydrogen-bond donors (Lipinski definition) is 3. The van der Waals surface area contributed by atoms with Crippen molar-refractivity contribution in [2.45, 2.75) is 26.4 Å². The van der Waals surface area contributed by atoms with Gasteiger partial charge in [-0.2, -0.15) is 4.57 Å². The standard InChI is InChI=1S/C18H18ClN5OS.3ClH/c1-10-22-23-15(8-20)24(10)18-16(12-6-7-21-9-14(12)26-18)17(25)11-4-2-3-5-13(11)19;;;/h2-5,21H,6-9,20H2,1H3;3*1H. The maximum atomic E-state index is 13.5. The number of benzene rings is 1. The lowest BCUT2D eigenvalue weighted by molar-refractivity contribution is -0.672. The Hall–Kier alpha value is -1.19. The molecule has 6 nitrogen and oxygen atoms in total. The molecule has 0 amide bonds. The molecule has 0 spiro atoms. The molecule has 0 bridgehead atoms. The van der Waals surface area contributed by atoms with Gasteiger partial charge in [0, 0.05) is 24.0 Å². The van der Waals surface area contributed by atoms with Crippen molar-refractivity contribution in [3.63, 3.8) is 0 Å². The number of H-pyrrole nitrogens is 1. The number of quaternary nitrogens is 2. The van der Waals surface area contributed by atoms with Crippen LogP contribution in [0.15, 0.2) is 24.3 Å². The number of ketones is 1. The van der Waals surface area contributed by atoms with E-state index in [1.165, 1.54) is 4.88 Å². The molecule has 6 N–H and O–H groups in total. The molecule has 4 rings (SSSR count). The van der Waals surface area contributed by atoms with Crippen LogP contribution in [0.2, 0.25) is 5.02 Å². The van der Waals surface area contributed by atoms with Crippen molar-refractivity contribution in [2.75, 3.05) is 6.54 Å². The van der Waals surface area contributed by atoms with E-state index in [-0.39, 0.29) is 43.0 Å². The van der Waals surface area contributed by atoms with E-state index in [9.17, 15) is 4.79 Å². The molecule has 11 heteroatoms. The summed E-state index contributed by atoms with van der Waals surface area (Å²) in [7, 11) is 0. The van der Waals surface area contributed by atoms with E-state index >= 15 is 0 Å². The molecule has 3 heterocycles. The van der Waals surface area contributed by atoms with Gasteiger partial charge in [-0.05, 0) is 17.7 Å². The molecular formula is C18H21Cl4N5OS. The third-order valence-corrected chi connectivity index (χ3v) is 6.28. The van der Waals surface area contributed by atoms with Gasteiger partial charge in [0.1, 0.15) is 6.54 Å². The van der Waals surface area contributed by atoms with E-state index in [0.29, 0.717) is 17.1 Å². The second kappa shape index (κ2) is 10.7. The van der Waals surface area contributed by atoms with E-state index in [0.717, 1.165) is 47.3 Å². The van der Waals surface area contributed by atoms with Crippen molar-refractivity contribution in [2.24, 2.45) is 0 Å². The highest BCUT2D eigenvalue weighted by molar-refractivity contribution is 7.14. The van der Waals surface area contributed by atoms with Crippen LogP contribution in [0.4, 0.5) is 0 Å². The number of aromatic nitrogens is 3. The van der Waals surface area contributed by atoms with Crippen LogP contribution in [0.3, 0.4) is 0 Å². The number of aryl methyl sites for hydroxylation is 1. The van der Waals surface area contributed by atoms with Crippen LogP contribution in [-0.2, 0) is 19.5 Å². The summed E-state index contributed by atoms with van der Waals surface area (Å²) in [5.41, 5.74) is 6.43. The summed E-state index contributed by atoms with van der Waals surface area (Å²) in [5, 5.41) is 11.0. The first-order valence-corrected chi connectivity index (χ1v) is 9.82. The smallest absolute Gasteiger partial charge is 0.337 e. The SMILES string of the molecule is Cc1[nH]nc(C[NH3+])[n+]1-c1sc2c(c1C(=O)c1ccccc1Cl)CC[NH2+]C2.[Cl-].[Cl-].[Cl-]. The predicted molar refractivity (Wildman–Crippen MR) is 98.4 cm³/mol. The van der Waals surface area contributed by atoms with E-state index in [1.807, 2.05) is 23.6 Å². The molecule has 158 valence electrons. The van der Waals surface area contributed by atoms with Crippen molar-refractivity contribution in [1.82, 2.24) is 10.2 Å². The van der Waals surface area contributed by atoms with Crippen molar-refractivity contribution >= 4 is 28.7 Å². The highest BCUT2D eigenvalue weighted by Gasteiger charge is 2.33.